The fourth-order valence-electron chi connectivity index (χ4n) is 1.38. The Morgan fingerprint density at radius 1 is 1.37 bits per heavy atom. The SMILES string of the molecule is O=[N+]([O-])c1cccc(COCCCC(F)(F)F)c1Br. The Morgan fingerprint density at radius 2 is 2.05 bits per heavy atom. The van der Waals surface area contributed by atoms with Gasteiger partial charge in [-0.2, -0.15) is 13.2 Å². The van der Waals surface area contributed by atoms with Gasteiger partial charge in [-0.25, -0.2) is 0 Å². The van der Waals surface area contributed by atoms with E-state index in [1.54, 1.807) is 6.07 Å². The second-order valence-corrected chi connectivity index (χ2v) is 4.57. The molecular weight excluding hydrogens is 331 g/mol. The summed E-state index contributed by atoms with van der Waals surface area (Å²) in [6, 6.07) is 4.44. The molecule has 0 aromatic heterocycles. The molecule has 0 amide bonds. The van der Waals surface area contributed by atoms with Crippen LogP contribution >= 0.6 is 15.9 Å². The Balaban J connectivity index is 2.46. The van der Waals surface area contributed by atoms with Crippen LogP contribution in [0.5, 0.6) is 0 Å². The molecule has 0 unspecified atom stereocenters. The van der Waals surface area contributed by atoms with Gasteiger partial charge in [0, 0.05) is 19.1 Å². The zero-order chi connectivity index (χ0) is 14.5. The van der Waals surface area contributed by atoms with E-state index in [0.717, 1.165) is 0 Å². The molecule has 19 heavy (non-hydrogen) atoms. The average Bonchev–Trinajstić information content (AvgIpc) is 2.28. The second-order valence-electron chi connectivity index (χ2n) is 3.78. The number of ether oxygens (including phenoxy) is 1. The Bertz CT molecular complexity index is 451. The number of halogens is 4. The van der Waals surface area contributed by atoms with Crippen molar-refractivity contribution in [2.24, 2.45) is 0 Å². The largest absolute Gasteiger partial charge is 0.389 e. The van der Waals surface area contributed by atoms with E-state index in [4.69, 9.17) is 4.74 Å². The van der Waals surface area contributed by atoms with Gasteiger partial charge in [-0.1, -0.05) is 12.1 Å². The van der Waals surface area contributed by atoms with Crippen LogP contribution < -0.4 is 0 Å². The van der Waals surface area contributed by atoms with Crippen molar-refractivity contribution in [3.05, 3.63) is 38.3 Å². The summed E-state index contributed by atoms with van der Waals surface area (Å²) in [6.45, 7) is -0.0191. The molecule has 0 bridgehead atoms. The fraction of sp³-hybridized carbons (Fsp3) is 0.455. The molecule has 1 rings (SSSR count). The van der Waals surface area contributed by atoms with E-state index >= 15 is 0 Å². The van der Waals surface area contributed by atoms with Crippen LogP contribution in [-0.2, 0) is 11.3 Å². The van der Waals surface area contributed by atoms with Gasteiger partial charge in [0.15, 0.2) is 0 Å². The number of hydrogen-bond donors (Lipinski definition) is 0. The number of benzene rings is 1. The minimum Gasteiger partial charge on any atom is -0.377 e. The molecule has 0 aliphatic rings. The van der Waals surface area contributed by atoms with Gasteiger partial charge in [0.25, 0.3) is 5.69 Å². The van der Waals surface area contributed by atoms with Crippen molar-refractivity contribution in [3.8, 4) is 0 Å². The smallest absolute Gasteiger partial charge is 0.377 e. The highest BCUT2D eigenvalue weighted by atomic mass is 79.9. The molecular formula is C11H11BrF3NO3. The molecule has 0 saturated carbocycles. The van der Waals surface area contributed by atoms with E-state index in [1.807, 2.05) is 0 Å². The van der Waals surface area contributed by atoms with Crippen molar-refractivity contribution in [2.75, 3.05) is 6.61 Å². The van der Waals surface area contributed by atoms with Crippen LogP contribution in [0.1, 0.15) is 18.4 Å². The number of nitrogens with zero attached hydrogens (tertiary/aromatic N) is 1. The molecule has 1 aromatic rings. The van der Waals surface area contributed by atoms with Gasteiger partial charge < -0.3 is 4.74 Å². The topological polar surface area (TPSA) is 52.4 Å². The molecule has 4 nitrogen and oxygen atoms in total. The third-order valence-electron chi connectivity index (χ3n) is 2.26. The quantitative estimate of drug-likeness (QED) is 0.442. The number of nitro benzene ring substituents is 1. The van der Waals surface area contributed by atoms with Crippen molar-refractivity contribution >= 4 is 21.6 Å². The molecule has 106 valence electrons. The Labute approximate surface area is 115 Å². The van der Waals surface area contributed by atoms with Crippen molar-refractivity contribution in [1.29, 1.82) is 0 Å². The second kappa shape index (κ2) is 6.85. The molecule has 0 atom stereocenters. The molecule has 0 spiro atoms. The summed E-state index contributed by atoms with van der Waals surface area (Å²) >= 11 is 3.08. The van der Waals surface area contributed by atoms with Crippen LogP contribution in [0.25, 0.3) is 0 Å². The molecule has 0 fully saturated rings. The van der Waals surface area contributed by atoms with Gasteiger partial charge in [0.2, 0.25) is 0 Å². The summed E-state index contributed by atoms with van der Waals surface area (Å²) in [4.78, 5) is 10.1. The van der Waals surface area contributed by atoms with Crippen LogP contribution in [0.3, 0.4) is 0 Å². The monoisotopic (exact) mass is 341 g/mol. The average molecular weight is 342 g/mol. The lowest BCUT2D eigenvalue weighted by Gasteiger charge is -2.08. The normalized spacial score (nSPS) is 11.6. The third kappa shape index (κ3) is 5.56. The summed E-state index contributed by atoms with van der Waals surface area (Å²) in [7, 11) is 0. The summed E-state index contributed by atoms with van der Waals surface area (Å²) in [6.07, 6.45) is -5.21. The lowest BCUT2D eigenvalue weighted by atomic mass is 10.2. The lowest BCUT2D eigenvalue weighted by molar-refractivity contribution is -0.385. The summed E-state index contributed by atoms with van der Waals surface area (Å²) in [5.41, 5.74) is 0.428. The van der Waals surface area contributed by atoms with Crippen molar-refractivity contribution in [3.63, 3.8) is 0 Å². The van der Waals surface area contributed by atoms with Crippen LogP contribution in [0.15, 0.2) is 22.7 Å². The first-order valence-electron chi connectivity index (χ1n) is 5.37. The molecule has 1 aromatic carbocycles. The Morgan fingerprint density at radius 3 is 2.63 bits per heavy atom. The van der Waals surface area contributed by atoms with Gasteiger partial charge in [0.05, 0.1) is 11.5 Å². The first-order valence-corrected chi connectivity index (χ1v) is 6.17. The number of nitro groups is 1. The van der Waals surface area contributed by atoms with Crippen LogP contribution in [-0.4, -0.2) is 17.7 Å². The van der Waals surface area contributed by atoms with Gasteiger partial charge in [-0.05, 0) is 27.9 Å². The van der Waals surface area contributed by atoms with Gasteiger partial charge in [-0.3, -0.25) is 10.1 Å². The highest BCUT2D eigenvalue weighted by Crippen LogP contribution is 2.28. The number of alkyl halides is 3. The fourth-order valence-corrected chi connectivity index (χ4v) is 1.90. The van der Waals surface area contributed by atoms with Crippen LogP contribution in [0.4, 0.5) is 18.9 Å². The molecule has 0 aliphatic heterocycles. The van der Waals surface area contributed by atoms with E-state index < -0.39 is 17.5 Å². The van der Waals surface area contributed by atoms with Crippen LogP contribution in [0, 0.1) is 10.1 Å². The van der Waals surface area contributed by atoms with E-state index in [1.165, 1.54) is 12.1 Å². The van der Waals surface area contributed by atoms with Gasteiger partial charge in [-0.15, -0.1) is 0 Å². The number of rotatable bonds is 6. The zero-order valence-corrected chi connectivity index (χ0v) is 11.3. The number of hydrogen-bond acceptors (Lipinski definition) is 3. The summed E-state index contributed by atoms with van der Waals surface area (Å²) in [5.74, 6) is 0. The van der Waals surface area contributed by atoms with Gasteiger partial charge in [0.1, 0.15) is 4.47 Å². The lowest BCUT2D eigenvalue weighted by Crippen LogP contribution is -2.08. The highest BCUT2D eigenvalue weighted by molar-refractivity contribution is 9.10. The van der Waals surface area contributed by atoms with Crippen molar-refractivity contribution in [1.82, 2.24) is 0 Å². The minimum atomic E-state index is -4.19. The molecule has 8 heteroatoms. The predicted molar refractivity (Wildman–Crippen MR) is 65.7 cm³/mol. The molecule has 0 aliphatic carbocycles. The van der Waals surface area contributed by atoms with E-state index in [-0.39, 0.29) is 29.8 Å². The highest BCUT2D eigenvalue weighted by Gasteiger charge is 2.26. The summed E-state index contributed by atoms with van der Waals surface area (Å²) < 4.78 is 41.0. The standard InChI is InChI=1S/C11H11BrF3NO3/c12-10-8(3-1-4-9(10)16(17)18)7-19-6-2-5-11(13,14)15/h1,3-4H,2,5-7H2. The molecule has 0 N–H and O–H groups in total. The first-order chi connectivity index (χ1) is 8.81. The third-order valence-corrected chi connectivity index (χ3v) is 3.18. The van der Waals surface area contributed by atoms with Crippen LogP contribution in [0.2, 0.25) is 0 Å². The Hall–Kier alpha value is -1.15. The predicted octanol–water partition coefficient (Wildman–Crippen LogP) is 4.22. The van der Waals surface area contributed by atoms with Crippen molar-refractivity contribution < 1.29 is 22.8 Å². The molecule has 0 saturated heterocycles. The first kappa shape index (κ1) is 15.9. The van der Waals surface area contributed by atoms with E-state index in [9.17, 15) is 23.3 Å². The maximum atomic E-state index is 11.9. The van der Waals surface area contributed by atoms with E-state index in [2.05, 4.69) is 15.9 Å². The maximum absolute atomic E-state index is 11.9. The van der Waals surface area contributed by atoms with Gasteiger partial charge >= 0.3 is 6.18 Å². The van der Waals surface area contributed by atoms with E-state index in [0.29, 0.717) is 5.56 Å². The zero-order valence-electron chi connectivity index (χ0n) is 9.74. The van der Waals surface area contributed by atoms with Crippen molar-refractivity contribution in [2.45, 2.75) is 25.6 Å². The minimum absolute atomic E-state index is 0.0279. The summed E-state index contributed by atoms with van der Waals surface area (Å²) in [5, 5.41) is 10.7. The Kier molecular flexibility index (Phi) is 5.74. The molecule has 0 radical (unpaired) electrons. The molecule has 0 heterocycles. The maximum Gasteiger partial charge on any atom is 0.389 e.